The first kappa shape index (κ1) is 24.0. The van der Waals surface area contributed by atoms with Crippen LogP contribution in [-0.4, -0.2) is 30.3 Å². The third-order valence-electron chi connectivity index (χ3n) is 5.93. The molecule has 172 valence electrons. The minimum atomic E-state index is -0.794. The van der Waals surface area contributed by atoms with E-state index in [1.165, 1.54) is 19.2 Å². The van der Waals surface area contributed by atoms with Gasteiger partial charge in [-0.15, -0.1) is 0 Å². The van der Waals surface area contributed by atoms with Crippen LogP contribution in [0.1, 0.15) is 51.0 Å². The Hall–Kier alpha value is -2.61. The van der Waals surface area contributed by atoms with Crippen LogP contribution in [0.25, 0.3) is 0 Å². The van der Waals surface area contributed by atoms with Crippen LogP contribution < -0.4 is 15.0 Å². The number of anilines is 2. The summed E-state index contributed by atoms with van der Waals surface area (Å²) in [5.74, 6) is -1.19. The van der Waals surface area contributed by atoms with Crippen LogP contribution in [0.3, 0.4) is 0 Å². The molecule has 2 aromatic rings. The van der Waals surface area contributed by atoms with E-state index in [0.29, 0.717) is 31.4 Å². The van der Waals surface area contributed by atoms with Crippen LogP contribution in [0.4, 0.5) is 20.6 Å². The van der Waals surface area contributed by atoms with Gasteiger partial charge in [0, 0.05) is 17.8 Å². The van der Waals surface area contributed by atoms with Gasteiger partial charge in [-0.1, -0.05) is 32.0 Å². The first-order valence-corrected chi connectivity index (χ1v) is 11.5. The van der Waals surface area contributed by atoms with Crippen molar-refractivity contribution in [3.8, 4) is 5.75 Å². The van der Waals surface area contributed by atoms with Crippen molar-refractivity contribution in [1.29, 1.82) is 0 Å². The molecule has 0 spiro atoms. The van der Waals surface area contributed by atoms with E-state index < -0.39 is 23.7 Å². The molecule has 32 heavy (non-hydrogen) atoms. The Morgan fingerprint density at radius 1 is 1.19 bits per heavy atom. The Kier molecular flexibility index (Phi) is 7.77. The lowest BCUT2D eigenvalue weighted by Gasteiger charge is -2.37. The number of carbonyl (C=O) groups excluding carboxylic acids is 1. The van der Waals surface area contributed by atoms with Gasteiger partial charge in [-0.05, 0) is 65.2 Å². The normalized spacial score (nSPS) is 18.3. The zero-order chi connectivity index (χ0) is 23.4. The Morgan fingerprint density at radius 2 is 1.84 bits per heavy atom. The summed E-state index contributed by atoms with van der Waals surface area (Å²) >= 11 is 3.13. The molecule has 2 aromatic carbocycles. The molecular weight excluding hydrogens is 479 g/mol. The van der Waals surface area contributed by atoms with Crippen molar-refractivity contribution in [2.75, 3.05) is 17.3 Å². The summed E-state index contributed by atoms with van der Waals surface area (Å²) in [5, 5.41) is 12.2. The van der Waals surface area contributed by atoms with E-state index >= 15 is 0 Å². The topological polar surface area (TPSA) is 78.9 Å². The number of methoxy groups -OCH3 is 1. The number of benzene rings is 2. The number of nitrogens with zero attached hydrogens (tertiary/aromatic N) is 1. The lowest BCUT2D eigenvalue weighted by atomic mass is 9.85. The highest BCUT2D eigenvalue weighted by Gasteiger charge is 2.34. The van der Waals surface area contributed by atoms with Crippen molar-refractivity contribution in [1.82, 2.24) is 0 Å². The van der Waals surface area contributed by atoms with Gasteiger partial charge in [-0.2, -0.15) is 0 Å². The van der Waals surface area contributed by atoms with E-state index in [0.717, 1.165) is 11.3 Å². The van der Waals surface area contributed by atoms with Gasteiger partial charge >= 0.3 is 12.0 Å². The maximum absolute atomic E-state index is 14.2. The number of halogens is 2. The highest BCUT2D eigenvalue weighted by molar-refractivity contribution is 9.10. The van der Waals surface area contributed by atoms with Crippen LogP contribution >= 0.6 is 15.9 Å². The number of rotatable bonds is 6. The number of hydrogen-bond acceptors (Lipinski definition) is 3. The molecule has 8 heteroatoms. The highest BCUT2D eigenvalue weighted by Crippen LogP contribution is 2.36. The molecule has 1 fully saturated rings. The number of amides is 2. The second kappa shape index (κ2) is 10.3. The number of carbonyl (C=O) groups is 2. The van der Waals surface area contributed by atoms with E-state index in [1.54, 1.807) is 4.90 Å². The summed E-state index contributed by atoms with van der Waals surface area (Å²) < 4.78 is 19.7. The largest absolute Gasteiger partial charge is 0.495 e. The van der Waals surface area contributed by atoms with Gasteiger partial charge in [-0.3, -0.25) is 9.69 Å². The summed E-state index contributed by atoms with van der Waals surface area (Å²) in [6, 6.07) is 9.81. The molecule has 0 atom stereocenters. The first-order valence-electron chi connectivity index (χ1n) is 10.7. The molecule has 0 aromatic heterocycles. The molecule has 1 aliphatic rings. The standard InChI is InChI=1S/C24H28BrFN2O4/c1-14(2)17-6-4-5-7-21(17)28(16-10-8-15(9-11-16)23(29)30)24(31)27-20-13-19(26)18(25)12-22(20)32-3/h4-7,12-16H,8-11H2,1-3H3,(H,27,31)(H,29,30). The predicted octanol–water partition coefficient (Wildman–Crippen LogP) is 6.40. The fourth-order valence-corrected chi connectivity index (χ4v) is 4.54. The van der Waals surface area contributed by atoms with Gasteiger partial charge in [0.25, 0.3) is 0 Å². The molecule has 3 rings (SSSR count). The zero-order valence-corrected chi connectivity index (χ0v) is 20.0. The molecule has 1 saturated carbocycles. The molecule has 0 unspecified atom stereocenters. The van der Waals surface area contributed by atoms with Gasteiger partial charge in [0.05, 0.1) is 23.2 Å². The monoisotopic (exact) mass is 506 g/mol. The fourth-order valence-electron chi connectivity index (χ4n) is 4.22. The van der Waals surface area contributed by atoms with Crippen molar-refractivity contribution >= 4 is 39.3 Å². The first-order chi connectivity index (χ1) is 15.2. The van der Waals surface area contributed by atoms with Crippen LogP contribution in [0.15, 0.2) is 40.9 Å². The van der Waals surface area contributed by atoms with Crippen LogP contribution in [0, 0.1) is 11.7 Å². The minimum Gasteiger partial charge on any atom is -0.495 e. The summed E-state index contributed by atoms with van der Waals surface area (Å²) in [7, 11) is 1.45. The molecule has 2 N–H and O–H groups in total. The van der Waals surface area contributed by atoms with E-state index in [9.17, 15) is 19.1 Å². The summed E-state index contributed by atoms with van der Waals surface area (Å²) in [5.41, 5.74) is 2.01. The zero-order valence-electron chi connectivity index (χ0n) is 18.4. The molecule has 0 bridgehead atoms. The minimum absolute atomic E-state index is 0.170. The van der Waals surface area contributed by atoms with Gasteiger partial charge in [0.2, 0.25) is 0 Å². The van der Waals surface area contributed by atoms with Gasteiger partial charge in [0.15, 0.2) is 0 Å². The van der Waals surface area contributed by atoms with Crippen molar-refractivity contribution in [3.63, 3.8) is 0 Å². The number of aliphatic carboxylic acids is 1. The van der Waals surface area contributed by atoms with E-state index in [-0.39, 0.29) is 22.1 Å². The number of urea groups is 1. The van der Waals surface area contributed by atoms with Gasteiger partial charge in [-0.25, -0.2) is 9.18 Å². The molecule has 0 radical (unpaired) electrons. The third kappa shape index (κ3) is 5.23. The Balaban J connectivity index is 1.97. The van der Waals surface area contributed by atoms with Crippen LogP contribution in [0.2, 0.25) is 0 Å². The van der Waals surface area contributed by atoms with Crippen molar-refractivity contribution < 1.29 is 23.8 Å². The average molecular weight is 507 g/mol. The maximum atomic E-state index is 14.2. The number of para-hydroxylation sites is 1. The lowest BCUT2D eigenvalue weighted by molar-refractivity contribution is -0.142. The second-order valence-electron chi connectivity index (χ2n) is 8.32. The van der Waals surface area contributed by atoms with Crippen molar-refractivity contribution in [3.05, 3.63) is 52.3 Å². The predicted molar refractivity (Wildman–Crippen MR) is 126 cm³/mol. The highest BCUT2D eigenvalue weighted by atomic mass is 79.9. The van der Waals surface area contributed by atoms with Crippen molar-refractivity contribution in [2.45, 2.75) is 51.5 Å². The van der Waals surface area contributed by atoms with Gasteiger partial charge in [0.1, 0.15) is 11.6 Å². The Bertz CT molecular complexity index is 990. The summed E-state index contributed by atoms with van der Waals surface area (Å²) in [4.78, 5) is 26.7. The molecule has 6 nitrogen and oxygen atoms in total. The fraction of sp³-hybridized carbons (Fsp3) is 0.417. The van der Waals surface area contributed by atoms with Crippen LogP contribution in [-0.2, 0) is 4.79 Å². The molecule has 0 saturated heterocycles. The maximum Gasteiger partial charge on any atom is 0.326 e. The molecular formula is C24H28BrFN2O4. The second-order valence-corrected chi connectivity index (χ2v) is 9.18. The van der Waals surface area contributed by atoms with E-state index in [1.807, 2.05) is 24.3 Å². The quantitative estimate of drug-likeness (QED) is 0.474. The number of nitrogens with one attached hydrogen (secondary N) is 1. The summed E-state index contributed by atoms with van der Waals surface area (Å²) in [6.07, 6.45) is 2.15. The van der Waals surface area contributed by atoms with Gasteiger partial charge < -0.3 is 15.2 Å². The molecule has 0 heterocycles. The Morgan fingerprint density at radius 3 is 2.44 bits per heavy atom. The SMILES string of the molecule is COc1cc(Br)c(F)cc1NC(=O)N(c1ccccc1C(C)C)C1CCC(C(=O)O)CC1. The molecule has 2 amide bonds. The number of hydrogen-bond donors (Lipinski definition) is 2. The number of carboxylic acid groups (broad SMARTS) is 1. The van der Waals surface area contributed by atoms with E-state index in [2.05, 4.69) is 35.1 Å². The van der Waals surface area contributed by atoms with Crippen LogP contribution in [0.5, 0.6) is 5.75 Å². The van der Waals surface area contributed by atoms with Crippen molar-refractivity contribution in [2.24, 2.45) is 5.92 Å². The Labute approximate surface area is 195 Å². The van der Waals surface area contributed by atoms with E-state index in [4.69, 9.17) is 4.74 Å². The average Bonchev–Trinajstić information content (AvgIpc) is 2.77. The smallest absolute Gasteiger partial charge is 0.326 e. The summed E-state index contributed by atoms with van der Waals surface area (Å²) in [6.45, 7) is 4.12. The third-order valence-corrected chi connectivity index (χ3v) is 6.54. The number of ether oxygens (including phenoxy) is 1. The lowest BCUT2D eigenvalue weighted by Crippen LogP contribution is -2.46. The number of carboxylic acids is 1. The molecule has 0 aliphatic heterocycles. The molecule has 1 aliphatic carbocycles.